The SMILES string of the molecule is C=CCn1c(SC(C(=O)Nc2ccc(C)cc2)c2ccccc2)nc2ccccc2c1=O. The van der Waals surface area contributed by atoms with E-state index in [1.165, 1.54) is 11.8 Å². The summed E-state index contributed by atoms with van der Waals surface area (Å²) in [7, 11) is 0. The van der Waals surface area contributed by atoms with Crippen LogP contribution in [0.15, 0.2) is 101 Å². The third-order valence-corrected chi connectivity index (χ3v) is 6.27. The molecule has 1 aromatic heterocycles. The van der Waals surface area contributed by atoms with Crippen molar-refractivity contribution >= 4 is 34.3 Å². The predicted octanol–water partition coefficient (Wildman–Crippen LogP) is 5.36. The average Bonchev–Trinajstić information content (AvgIpc) is 2.82. The van der Waals surface area contributed by atoms with Gasteiger partial charge in [-0.3, -0.25) is 14.2 Å². The highest BCUT2D eigenvalue weighted by Gasteiger charge is 2.25. The zero-order valence-electron chi connectivity index (χ0n) is 17.7. The van der Waals surface area contributed by atoms with Crippen LogP contribution in [0.4, 0.5) is 5.69 Å². The fraction of sp³-hybridized carbons (Fsp3) is 0.115. The Hall–Kier alpha value is -3.64. The smallest absolute Gasteiger partial charge is 0.262 e. The van der Waals surface area contributed by atoms with Crippen LogP contribution in [0.2, 0.25) is 0 Å². The summed E-state index contributed by atoms with van der Waals surface area (Å²) in [5.74, 6) is -0.183. The standard InChI is InChI=1S/C26H23N3O2S/c1-3-17-29-25(31)21-11-7-8-12-22(21)28-26(29)32-23(19-9-5-4-6-10-19)24(30)27-20-15-13-18(2)14-16-20/h3-16,23H,1,17H2,2H3,(H,27,30). The van der Waals surface area contributed by atoms with Gasteiger partial charge < -0.3 is 5.32 Å². The van der Waals surface area contributed by atoms with E-state index in [-0.39, 0.29) is 11.5 Å². The lowest BCUT2D eigenvalue weighted by atomic mass is 10.1. The molecule has 3 aromatic carbocycles. The van der Waals surface area contributed by atoms with E-state index < -0.39 is 5.25 Å². The van der Waals surface area contributed by atoms with E-state index >= 15 is 0 Å². The number of aromatic nitrogens is 2. The number of benzene rings is 3. The van der Waals surface area contributed by atoms with Gasteiger partial charge in [-0.2, -0.15) is 0 Å². The first-order chi connectivity index (χ1) is 15.6. The number of aryl methyl sites for hydroxylation is 1. The topological polar surface area (TPSA) is 64.0 Å². The van der Waals surface area contributed by atoms with Crippen molar-refractivity contribution in [3.63, 3.8) is 0 Å². The third kappa shape index (κ3) is 4.65. The lowest BCUT2D eigenvalue weighted by Crippen LogP contribution is -2.25. The third-order valence-electron chi connectivity index (χ3n) is 5.02. The molecule has 1 heterocycles. The van der Waals surface area contributed by atoms with Crippen molar-refractivity contribution in [1.29, 1.82) is 0 Å². The van der Waals surface area contributed by atoms with Crippen LogP contribution in [0.5, 0.6) is 0 Å². The van der Waals surface area contributed by atoms with Crippen LogP contribution in [0.25, 0.3) is 10.9 Å². The number of carbonyl (C=O) groups is 1. The Kier molecular flexibility index (Phi) is 6.52. The summed E-state index contributed by atoms with van der Waals surface area (Å²) in [6.45, 7) is 6.08. The van der Waals surface area contributed by atoms with Crippen LogP contribution >= 0.6 is 11.8 Å². The minimum absolute atomic E-state index is 0.149. The Morgan fingerprint density at radius 3 is 2.47 bits per heavy atom. The van der Waals surface area contributed by atoms with Crippen molar-refractivity contribution in [2.24, 2.45) is 0 Å². The van der Waals surface area contributed by atoms with E-state index in [2.05, 4.69) is 11.9 Å². The van der Waals surface area contributed by atoms with Gasteiger partial charge in [0.25, 0.3) is 5.56 Å². The maximum Gasteiger partial charge on any atom is 0.262 e. The number of para-hydroxylation sites is 1. The second-order valence-corrected chi connectivity index (χ2v) is 8.45. The highest BCUT2D eigenvalue weighted by atomic mass is 32.2. The van der Waals surface area contributed by atoms with Crippen LogP contribution in [-0.4, -0.2) is 15.5 Å². The van der Waals surface area contributed by atoms with Crippen LogP contribution in [0, 0.1) is 6.92 Å². The monoisotopic (exact) mass is 441 g/mol. The molecule has 0 aliphatic carbocycles. The molecule has 0 spiro atoms. The minimum atomic E-state index is -0.596. The van der Waals surface area contributed by atoms with Gasteiger partial charge in [0.05, 0.1) is 10.9 Å². The Morgan fingerprint density at radius 2 is 1.75 bits per heavy atom. The van der Waals surface area contributed by atoms with E-state index in [0.717, 1.165) is 16.8 Å². The van der Waals surface area contributed by atoms with Crippen LogP contribution in [0.1, 0.15) is 16.4 Å². The summed E-state index contributed by atoms with van der Waals surface area (Å²) >= 11 is 1.26. The van der Waals surface area contributed by atoms with Crippen LogP contribution in [-0.2, 0) is 11.3 Å². The van der Waals surface area contributed by atoms with Gasteiger partial charge in [-0.15, -0.1) is 6.58 Å². The van der Waals surface area contributed by atoms with E-state index in [1.807, 2.05) is 79.7 Å². The maximum absolute atomic E-state index is 13.4. The number of thioether (sulfide) groups is 1. The number of amides is 1. The number of anilines is 1. The van der Waals surface area contributed by atoms with E-state index in [0.29, 0.717) is 22.6 Å². The number of fused-ring (bicyclic) bond motifs is 1. The number of carbonyl (C=O) groups excluding carboxylic acids is 1. The number of nitrogens with one attached hydrogen (secondary N) is 1. The Balaban J connectivity index is 1.76. The lowest BCUT2D eigenvalue weighted by Gasteiger charge is -2.19. The summed E-state index contributed by atoms with van der Waals surface area (Å²) < 4.78 is 1.56. The molecule has 0 saturated carbocycles. The molecule has 32 heavy (non-hydrogen) atoms. The lowest BCUT2D eigenvalue weighted by molar-refractivity contribution is -0.115. The van der Waals surface area contributed by atoms with Crippen LogP contribution in [0.3, 0.4) is 0 Å². The molecule has 4 rings (SSSR count). The summed E-state index contributed by atoms with van der Waals surface area (Å²) in [4.78, 5) is 31.2. The summed E-state index contributed by atoms with van der Waals surface area (Å²) in [5.41, 5.74) is 3.12. The number of hydrogen-bond acceptors (Lipinski definition) is 4. The van der Waals surface area contributed by atoms with E-state index in [9.17, 15) is 9.59 Å². The molecule has 0 aliphatic heterocycles. The average molecular weight is 442 g/mol. The largest absolute Gasteiger partial charge is 0.325 e. The fourth-order valence-electron chi connectivity index (χ4n) is 3.38. The van der Waals surface area contributed by atoms with Crippen molar-refractivity contribution in [3.8, 4) is 0 Å². The quantitative estimate of drug-likeness (QED) is 0.238. The molecule has 1 unspecified atom stereocenters. The van der Waals surface area contributed by atoms with Gasteiger partial charge in [0, 0.05) is 12.2 Å². The predicted molar refractivity (Wildman–Crippen MR) is 131 cm³/mol. The van der Waals surface area contributed by atoms with Crippen molar-refractivity contribution in [3.05, 3.63) is 113 Å². The Bertz CT molecular complexity index is 1310. The molecule has 0 radical (unpaired) electrons. The molecule has 5 nitrogen and oxygen atoms in total. The molecule has 0 saturated heterocycles. The highest BCUT2D eigenvalue weighted by Crippen LogP contribution is 2.35. The Morgan fingerprint density at radius 1 is 1.06 bits per heavy atom. The van der Waals surface area contributed by atoms with Gasteiger partial charge in [0.2, 0.25) is 5.91 Å². The van der Waals surface area contributed by atoms with Crippen molar-refractivity contribution in [2.45, 2.75) is 23.9 Å². The molecule has 1 N–H and O–H groups in total. The summed E-state index contributed by atoms with van der Waals surface area (Å²) in [6.07, 6.45) is 1.66. The maximum atomic E-state index is 13.4. The molecule has 160 valence electrons. The molecule has 1 atom stereocenters. The molecule has 1 amide bonds. The van der Waals surface area contributed by atoms with Crippen molar-refractivity contribution in [2.75, 3.05) is 5.32 Å². The molecule has 0 fully saturated rings. The van der Waals surface area contributed by atoms with Crippen molar-refractivity contribution in [1.82, 2.24) is 9.55 Å². The van der Waals surface area contributed by atoms with Gasteiger partial charge in [0.15, 0.2) is 5.16 Å². The zero-order valence-corrected chi connectivity index (χ0v) is 18.5. The number of hydrogen-bond donors (Lipinski definition) is 1. The number of nitrogens with zero attached hydrogens (tertiary/aromatic N) is 2. The Labute approximate surface area is 190 Å². The molecular weight excluding hydrogens is 418 g/mol. The van der Waals surface area contributed by atoms with E-state index in [4.69, 9.17) is 4.98 Å². The van der Waals surface area contributed by atoms with Gasteiger partial charge in [-0.1, -0.05) is 78.0 Å². The second-order valence-electron chi connectivity index (χ2n) is 7.38. The molecular formula is C26H23N3O2S. The molecule has 0 aliphatic rings. The zero-order chi connectivity index (χ0) is 22.5. The second kappa shape index (κ2) is 9.66. The van der Waals surface area contributed by atoms with Crippen molar-refractivity contribution < 1.29 is 4.79 Å². The van der Waals surface area contributed by atoms with Gasteiger partial charge in [0.1, 0.15) is 5.25 Å². The summed E-state index contributed by atoms with van der Waals surface area (Å²) in [6, 6.07) is 24.4. The molecule has 6 heteroatoms. The van der Waals surface area contributed by atoms with Crippen LogP contribution < -0.4 is 10.9 Å². The first-order valence-corrected chi connectivity index (χ1v) is 11.1. The molecule has 4 aromatic rings. The van der Waals surface area contributed by atoms with Gasteiger partial charge >= 0.3 is 0 Å². The van der Waals surface area contributed by atoms with E-state index in [1.54, 1.807) is 16.7 Å². The normalized spacial score (nSPS) is 11.8. The number of rotatable bonds is 7. The molecule has 0 bridgehead atoms. The minimum Gasteiger partial charge on any atom is -0.325 e. The fourth-order valence-corrected chi connectivity index (χ4v) is 4.48. The van der Waals surface area contributed by atoms with Gasteiger partial charge in [-0.25, -0.2) is 4.98 Å². The first-order valence-electron chi connectivity index (χ1n) is 10.3. The van der Waals surface area contributed by atoms with Gasteiger partial charge in [-0.05, 0) is 36.8 Å². The summed E-state index contributed by atoms with van der Waals surface area (Å²) in [5, 5.41) is 3.41. The number of allylic oxidation sites excluding steroid dienone is 1. The highest BCUT2D eigenvalue weighted by molar-refractivity contribution is 8.00. The first kappa shape index (κ1) is 21.6.